The van der Waals surface area contributed by atoms with Gasteiger partial charge >= 0.3 is 0 Å². The monoisotopic (exact) mass is 350 g/mol. The van der Waals surface area contributed by atoms with Gasteiger partial charge < -0.3 is 9.47 Å². The number of halogens is 2. The summed E-state index contributed by atoms with van der Waals surface area (Å²) < 4.78 is 24.9. The predicted molar refractivity (Wildman–Crippen MR) is 83.8 cm³/mol. The first kappa shape index (κ1) is 14.4. The molecule has 0 saturated carbocycles. The number of rotatable bonds is 2. The summed E-state index contributed by atoms with van der Waals surface area (Å²) >= 11 is 3.62. The van der Waals surface area contributed by atoms with Crippen LogP contribution in [0.4, 0.5) is 4.39 Å². The molecule has 0 saturated heterocycles. The second kappa shape index (κ2) is 6.06. The van der Waals surface area contributed by atoms with Gasteiger partial charge in [0.2, 0.25) is 0 Å². The Morgan fingerprint density at radius 2 is 1.76 bits per heavy atom. The minimum atomic E-state index is -0.236. The van der Waals surface area contributed by atoms with Crippen LogP contribution in [0, 0.1) is 11.7 Å². The van der Waals surface area contributed by atoms with E-state index in [9.17, 15) is 4.39 Å². The van der Waals surface area contributed by atoms with Gasteiger partial charge in [0.1, 0.15) is 5.82 Å². The summed E-state index contributed by atoms with van der Waals surface area (Å²) in [6.07, 6.45) is 0. The van der Waals surface area contributed by atoms with Crippen molar-refractivity contribution < 1.29 is 13.9 Å². The summed E-state index contributed by atoms with van der Waals surface area (Å²) in [5.74, 6) is 1.64. The lowest BCUT2D eigenvalue weighted by Gasteiger charge is -2.14. The zero-order valence-corrected chi connectivity index (χ0v) is 13.3. The molecule has 0 amide bonds. The van der Waals surface area contributed by atoms with Crippen molar-refractivity contribution in [3.63, 3.8) is 0 Å². The van der Waals surface area contributed by atoms with Crippen LogP contribution >= 0.6 is 15.9 Å². The van der Waals surface area contributed by atoms with E-state index < -0.39 is 0 Å². The first-order valence-corrected chi connectivity index (χ1v) is 7.84. The fourth-order valence-electron chi connectivity index (χ4n) is 2.28. The number of benzene rings is 2. The molecule has 2 atom stereocenters. The molecule has 2 aromatic carbocycles. The maximum atomic E-state index is 13.3. The Kier molecular flexibility index (Phi) is 4.15. The highest BCUT2D eigenvalue weighted by Gasteiger charge is 2.18. The van der Waals surface area contributed by atoms with Crippen LogP contribution in [0.1, 0.15) is 22.9 Å². The van der Waals surface area contributed by atoms with Crippen molar-refractivity contribution in [3.05, 3.63) is 59.4 Å². The van der Waals surface area contributed by atoms with E-state index in [1.165, 1.54) is 12.1 Å². The maximum Gasteiger partial charge on any atom is 0.161 e. The van der Waals surface area contributed by atoms with Gasteiger partial charge in [0.25, 0.3) is 0 Å². The average molecular weight is 351 g/mol. The third-order valence-electron chi connectivity index (χ3n) is 3.45. The van der Waals surface area contributed by atoms with E-state index in [0.717, 1.165) is 22.6 Å². The van der Waals surface area contributed by atoms with E-state index >= 15 is 0 Å². The molecule has 0 bridgehead atoms. The molecular weight excluding hydrogens is 335 g/mol. The van der Waals surface area contributed by atoms with Crippen LogP contribution < -0.4 is 9.47 Å². The maximum absolute atomic E-state index is 13.3. The molecule has 4 heteroatoms. The molecule has 2 unspecified atom stereocenters. The molecule has 1 aliphatic heterocycles. The van der Waals surface area contributed by atoms with Gasteiger partial charge in [0.15, 0.2) is 11.5 Å². The Balaban J connectivity index is 1.90. The molecule has 0 N–H and O–H groups in total. The van der Waals surface area contributed by atoms with Crippen molar-refractivity contribution in [3.8, 4) is 11.5 Å². The number of ether oxygens (including phenoxy) is 2. The van der Waals surface area contributed by atoms with Crippen molar-refractivity contribution in [2.45, 2.75) is 11.8 Å². The second-order valence-electron chi connectivity index (χ2n) is 5.35. The van der Waals surface area contributed by atoms with Crippen molar-refractivity contribution >= 4 is 15.9 Å². The largest absolute Gasteiger partial charge is 0.489 e. The number of alkyl halides is 1. The Morgan fingerprint density at radius 3 is 2.52 bits per heavy atom. The molecule has 2 aromatic rings. The standard InChI is InChI=1S/C17H16BrFO2/c1-11-9-20-15-6-5-13(8-16(15)21-10-11)17(18)12-3-2-4-14(19)7-12/h2-8,11,17H,9-10H2,1H3. The molecular formula is C17H16BrFO2. The highest BCUT2D eigenvalue weighted by Crippen LogP contribution is 2.37. The van der Waals surface area contributed by atoms with Gasteiger partial charge in [-0.2, -0.15) is 0 Å². The fraction of sp³-hybridized carbons (Fsp3) is 0.294. The lowest BCUT2D eigenvalue weighted by atomic mass is 10.0. The Bertz CT molecular complexity index is 644. The minimum Gasteiger partial charge on any atom is -0.489 e. The summed E-state index contributed by atoms with van der Waals surface area (Å²) in [5.41, 5.74) is 1.88. The lowest BCUT2D eigenvalue weighted by Crippen LogP contribution is -2.12. The third kappa shape index (κ3) is 3.21. The zero-order valence-electron chi connectivity index (χ0n) is 11.7. The van der Waals surface area contributed by atoms with Gasteiger partial charge in [-0.25, -0.2) is 4.39 Å². The van der Waals surface area contributed by atoms with Crippen molar-refractivity contribution in [2.24, 2.45) is 5.92 Å². The molecule has 0 aromatic heterocycles. The SMILES string of the molecule is CC1COc2ccc(C(Br)c3cccc(F)c3)cc2OC1. The van der Waals surface area contributed by atoms with Gasteiger partial charge in [-0.05, 0) is 35.4 Å². The van der Waals surface area contributed by atoms with Crippen LogP contribution in [0.25, 0.3) is 0 Å². The first-order chi connectivity index (χ1) is 10.1. The van der Waals surface area contributed by atoms with Crippen molar-refractivity contribution in [2.75, 3.05) is 13.2 Å². The predicted octanol–water partition coefficient (Wildman–Crippen LogP) is 4.72. The molecule has 1 aliphatic rings. The summed E-state index contributed by atoms with van der Waals surface area (Å²) in [4.78, 5) is -0.0808. The lowest BCUT2D eigenvalue weighted by molar-refractivity contribution is 0.228. The van der Waals surface area contributed by atoms with Gasteiger partial charge in [0, 0.05) is 5.92 Å². The molecule has 0 spiro atoms. The molecule has 1 heterocycles. The van der Waals surface area contributed by atoms with Crippen LogP contribution in [0.15, 0.2) is 42.5 Å². The molecule has 0 radical (unpaired) electrons. The normalized spacial score (nSPS) is 18.9. The van der Waals surface area contributed by atoms with Crippen LogP contribution in [-0.4, -0.2) is 13.2 Å². The third-order valence-corrected chi connectivity index (χ3v) is 4.51. The van der Waals surface area contributed by atoms with Crippen molar-refractivity contribution in [1.82, 2.24) is 0 Å². The molecule has 21 heavy (non-hydrogen) atoms. The number of hydrogen-bond acceptors (Lipinski definition) is 2. The van der Waals surface area contributed by atoms with E-state index in [1.54, 1.807) is 6.07 Å². The van der Waals surface area contributed by atoms with E-state index in [0.29, 0.717) is 19.1 Å². The smallest absolute Gasteiger partial charge is 0.161 e. The van der Waals surface area contributed by atoms with Gasteiger partial charge in [-0.3, -0.25) is 0 Å². The van der Waals surface area contributed by atoms with Gasteiger partial charge in [0.05, 0.1) is 18.0 Å². The number of fused-ring (bicyclic) bond motifs is 1. The van der Waals surface area contributed by atoms with Gasteiger partial charge in [-0.15, -0.1) is 0 Å². The summed E-state index contributed by atoms with van der Waals surface area (Å²) in [7, 11) is 0. The quantitative estimate of drug-likeness (QED) is 0.729. The van der Waals surface area contributed by atoms with E-state index in [2.05, 4.69) is 22.9 Å². The zero-order chi connectivity index (χ0) is 14.8. The van der Waals surface area contributed by atoms with E-state index in [-0.39, 0.29) is 10.6 Å². The summed E-state index contributed by atoms with van der Waals surface area (Å²) in [6, 6.07) is 12.4. The van der Waals surface area contributed by atoms with Crippen LogP contribution in [0.2, 0.25) is 0 Å². The highest BCUT2D eigenvalue weighted by atomic mass is 79.9. The average Bonchev–Trinajstić information content (AvgIpc) is 2.68. The van der Waals surface area contributed by atoms with Crippen LogP contribution in [-0.2, 0) is 0 Å². The summed E-state index contributed by atoms with van der Waals surface area (Å²) in [5, 5.41) is 0. The minimum absolute atomic E-state index is 0.0808. The molecule has 2 nitrogen and oxygen atoms in total. The second-order valence-corrected chi connectivity index (χ2v) is 6.27. The first-order valence-electron chi connectivity index (χ1n) is 6.92. The Hall–Kier alpha value is -1.55. The summed E-state index contributed by atoms with van der Waals surface area (Å²) in [6.45, 7) is 3.39. The fourth-order valence-corrected chi connectivity index (χ4v) is 2.85. The Labute approximate surface area is 132 Å². The molecule has 0 fully saturated rings. The molecule has 3 rings (SSSR count). The van der Waals surface area contributed by atoms with Gasteiger partial charge in [-0.1, -0.05) is 41.1 Å². The van der Waals surface area contributed by atoms with Crippen molar-refractivity contribution in [1.29, 1.82) is 0 Å². The topological polar surface area (TPSA) is 18.5 Å². The highest BCUT2D eigenvalue weighted by molar-refractivity contribution is 9.09. The molecule has 110 valence electrons. The van der Waals surface area contributed by atoms with E-state index in [1.807, 2.05) is 24.3 Å². The van der Waals surface area contributed by atoms with Crippen LogP contribution in [0.3, 0.4) is 0 Å². The number of hydrogen-bond donors (Lipinski definition) is 0. The Morgan fingerprint density at radius 1 is 1.05 bits per heavy atom. The van der Waals surface area contributed by atoms with Crippen LogP contribution in [0.5, 0.6) is 11.5 Å². The molecule has 0 aliphatic carbocycles. The van der Waals surface area contributed by atoms with E-state index in [4.69, 9.17) is 9.47 Å².